The molecular weight excluding hydrogens is 296 g/mol. The number of benzene rings is 1. The summed E-state index contributed by atoms with van der Waals surface area (Å²) in [6, 6.07) is 4.85. The van der Waals surface area contributed by atoms with Crippen molar-refractivity contribution in [3.8, 4) is 11.5 Å². The Morgan fingerprint density at radius 2 is 2.09 bits per heavy atom. The zero-order chi connectivity index (χ0) is 16.5. The smallest absolute Gasteiger partial charge is 0.387 e. The van der Waals surface area contributed by atoms with E-state index in [0.29, 0.717) is 18.7 Å². The van der Waals surface area contributed by atoms with Crippen LogP contribution in [0.25, 0.3) is 0 Å². The number of hydrogen-bond donors (Lipinski definition) is 1. The maximum Gasteiger partial charge on any atom is 0.387 e. The van der Waals surface area contributed by atoms with Gasteiger partial charge in [0.1, 0.15) is 0 Å². The average Bonchev–Trinajstić information content (AvgIpc) is 2.41. The van der Waals surface area contributed by atoms with Crippen molar-refractivity contribution in [1.29, 1.82) is 0 Å². The Morgan fingerprint density at radius 1 is 1.36 bits per heavy atom. The van der Waals surface area contributed by atoms with Crippen molar-refractivity contribution in [2.45, 2.75) is 33.4 Å². The molecule has 0 spiro atoms. The van der Waals surface area contributed by atoms with Gasteiger partial charge in [0.2, 0.25) is 0 Å². The van der Waals surface area contributed by atoms with Crippen LogP contribution >= 0.6 is 0 Å². The van der Waals surface area contributed by atoms with Gasteiger partial charge in [0, 0.05) is 12.1 Å². The highest BCUT2D eigenvalue weighted by Crippen LogP contribution is 2.33. The predicted molar refractivity (Wildman–Crippen MR) is 77.4 cm³/mol. The minimum atomic E-state index is -2.97. The van der Waals surface area contributed by atoms with E-state index in [1.54, 1.807) is 30.0 Å². The van der Waals surface area contributed by atoms with Crippen LogP contribution in [0.4, 0.5) is 8.78 Å². The number of hydrogen-bond acceptors (Lipinski definition) is 4. The van der Waals surface area contributed by atoms with Gasteiger partial charge in [-0.05, 0) is 26.0 Å². The lowest BCUT2D eigenvalue weighted by Crippen LogP contribution is -2.30. The monoisotopic (exact) mass is 317 g/mol. The Bertz CT molecular complexity index is 483. The summed E-state index contributed by atoms with van der Waals surface area (Å²) < 4.78 is 35.2. The normalized spacial score (nSPS) is 11.0. The fourth-order valence-electron chi connectivity index (χ4n) is 2.14. The summed E-state index contributed by atoms with van der Waals surface area (Å²) in [4.78, 5) is 12.5. The van der Waals surface area contributed by atoms with Crippen LogP contribution in [0, 0.1) is 0 Å². The Hall–Kier alpha value is -1.89. The molecule has 1 aromatic carbocycles. The molecule has 0 unspecified atom stereocenters. The van der Waals surface area contributed by atoms with Crippen molar-refractivity contribution in [1.82, 2.24) is 4.90 Å². The lowest BCUT2D eigenvalue weighted by Gasteiger charge is -2.22. The van der Waals surface area contributed by atoms with Gasteiger partial charge in [-0.3, -0.25) is 9.69 Å². The van der Waals surface area contributed by atoms with E-state index in [1.165, 1.54) is 0 Å². The first-order valence-corrected chi connectivity index (χ1v) is 7.11. The molecule has 0 aliphatic heterocycles. The molecule has 22 heavy (non-hydrogen) atoms. The van der Waals surface area contributed by atoms with Crippen LogP contribution in [0.5, 0.6) is 11.5 Å². The third-order valence-electron chi connectivity index (χ3n) is 2.86. The summed E-state index contributed by atoms with van der Waals surface area (Å²) in [6.45, 7) is 1.58. The van der Waals surface area contributed by atoms with E-state index in [-0.39, 0.29) is 24.6 Å². The van der Waals surface area contributed by atoms with Gasteiger partial charge in [-0.15, -0.1) is 0 Å². The molecule has 5 nitrogen and oxygen atoms in total. The standard InChI is InChI=1S/C15H21F2NO4/c1-3-8-18(10-13(19)20)9-11-6-5-7-12(21-4-2)14(11)22-15(16)17/h5-7,15H,3-4,8-10H2,1-2H3,(H,19,20). The van der Waals surface area contributed by atoms with Gasteiger partial charge >= 0.3 is 12.6 Å². The number of aliphatic carboxylic acids is 1. The number of rotatable bonds is 10. The van der Waals surface area contributed by atoms with E-state index < -0.39 is 12.6 Å². The molecule has 0 aromatic heterocycles. The van der Waals surface area contributed by atoms with Gasteiger partial charge in [0.15, 0.2) is 11.5 Å². The molecule has 7 heteroatoms. The Kier molecular flexibility index (Phi) is 7.59. The SMILES string of the molecule is CCCN(CC(=O)O)Cc1cccc(OCC)c1OC(F)F. The number of carboxylic acids is 1. The van der Waals surface area contributed by atoms with E-state index in [0.717, 1.165) is 6.42 Å². The highest BCUT2D eigenvalue weighted by Gasteiger charge is 2.18. The third-order valence-corrected chi connectivity index (χ3v) is 2.86. The minimum absolute atomic E-state index is 0.0363. The molecule has 0 saturated carbocycles. The Morgan fingerprint density at radius 3 is 2.64 bits per heavy atom. The minimum Gasteiger partial charge on any atom is -0.490 e. The van der Waals surface area contributed by atoms with Crippen molar-refractivity contribution in [2.24, 2.45) is 0 Å². The van der Waals surface area contributed by atoms with Crippen LogP contribution in [-0.2, 0) is 11.3 Å². The highest BCUT2D eigenvalue weighted by atomic mass is 19.3. The quantitative estimate of drug-likeness (QED) is 0.719. The van der Waals surface area contributed by atoms with Crippen LogP contribution in [0.15, 0.2) is 18.2 Å². The van der Waals surface area contributed by atoms with Gasteiger partial charge in [0.05, 0.1) is 13.2 Å². The number of alkyl halides is 2. The first-order chi connectivity index (χ1) is 10.5. The molecule has 1 rings (SSSR count). The van der Waals surface area contributed by atoms with Crippen molar-refractivity contribution in [2.75, 3.05) is 19.7 Å². The van der Waals surface area contributed by atoms with Crippen molar-refractivity contribution < 1.29 is 28.2 Å². The first kappa shape index (κ1) is 18.2. The summed E-state index contributed by atoms with van der Waals surface area (Å²) in [5.74, 6) is -0.774. The maximum atomic E-state index is 12.6. The zero-order valence-electron chi connectivity index (χ0n) is 12.7. The van der Waals surface area contributed by atoms with E-state index in [1.807, 2.05) is 6.92 Å². The summed E-state index contributed by atoms with van der Waals surface area (Å²) >= 11 is 0. The van der Waals surface area contributed by atoms with E-state index >= 15 is 0 Å². The number of nitrogens with zero attached hydrogens (tertiary/aromatic N) is 1. The summed E-state index contributed by atoms with van der Waals surface area (Å²) in [7, 11) is 0. The summed E-state index contributed by atoms with van der Waals surface area (Å²) in [5, 5.41) is 8.92. The molecule has 1 aromatic rings. The fourth-order valence-corrected chi connectivity index (χ4v) is 2.14. The molecular formula is C15H21F2NO4. The third kappa shape index (κ3) is 5.85. The summed E-state index contributed by atoms with van der Waals surface area (Å²) in [5.41, 5.74) is 0.473. The number of halogens is 2. The summed E-state index contributed by atoms with van der Waals surface area (Å²) in [6.07, 6.45) is 0.753. The number of ether oxygens (including phenoxy) is 2. The molecule has 0 radical (unpaired) electrons. The van der Waals surface area contributed by atoms with Gasteiger partial charge in [-0.1, -0.05) is 19.1 Å². The second-order valence-electron chi connectivity index (χ2n) is 4.66. The molecule has 0 aliphatic carbocycles. The molecule has 0 saturated heterocycles. The lowest BCUT2D eigenvalue weighted by molar-refractivity contribution is -0.138. The molecule has 0 atom stereocenters. The highest BCUT2D eigenvalue weighted by molar-refractivity contribution is 5.69. The van der Waals surface area contributed by atoms with Crippen molar-refractivity contribution in [3.63, 3.8) is 0 Å². The second kappa shape index (κ2) is 9.19. The molecule has 1 N–H and O–H groups in total. The largest absolute Gasteiger partial charge is 0.490 e. The lowest BCUT2D eigenvalue weighted by atomic mass is 10.1. The first-order valence-electron chi connectivity index (χ1n) is 7.11. The van der Waals surface area contributed by atoms with Gasteiger partial charge in [-0.25, -0.2) is 0 Å². The number of carboxylic acid groups (broad SMARTS) is 1. The molecule has 0 amide bonds. The Labute approximate surface area is 128 Å². The van der Waals surface area contributed by atoms with E-state index in [4.69, 9.17) is 9.84 Å². The van der Waals surface area contributed by atoms with Gasteiger partial charge < -0.3 is 14.6 Å². The van der Waals surface area contributed by atoms with E-state index in [2.05, 4.69) is 4.74 Å². The molecule has 0 aliphatic rings. The molecule has 124 valence electrons. The fraction of sp³-hybridized carbons (Fsp3) is 0.533. The predicted octanol–water partition coefficient (Wildman–Crippen LogP) is 2.98. The number of para-hydroxylation sites is 1. The Balaban J connectivity index is 3.03. The topological polar surface area (TPSA) is 59.0 Å². The maximum absolute atomic E-state index is 12.6. The number of carbonyl (C=O) groups is 1. The zero-order valence-corrected chi connectivity index (χ0v) is 12.7. The van der Waals surface area contributed by atoms with Crippen LogP contribution in [0.1, 0.15) is 25.8 Å². The molecule has 0 bridgehead atoms. The van der Waals surface area contributed by atoms with Crippen molar-refractivity contribution in [3.05, 3.63) is 23.8 Å². The van der Waals surface area contributed by atoms with E-state index in [9.17, 15) is 13.6 Å². The van der Waals surface area contributed by atoms with Crippen LogP contribution in [0.3, 0.4) is 0 Å². The van der Waals surface area contributed by atoms with Crippen LogP contribution in [0.2, 0.25) is 0 Å². The van der Waals surface area contributed by atoms with Gasteiger partial charge in [0.25, 0.3) is 0 Å². The molecule has 0 fully saturated rings. The van der Waals surface area contributed by atoms with Crippen LogP contribution < -0.4 is 9.47 Å². The van der Waals surface area contributed by atoms with Crippen molar-refractivity contribution >= 4 is 5.97 Å². The molecule has 0 heterocycles. The average molecular weight is 317 g/mol. The van der Waals surface area contributed by atoms with Gasteiger partial charge in [-0.2, -0.15) is 8.78 Å². The second-order valence-corrected chi connectivity index (χ2v) is 4.66. The van der Waals surface area contributed by atoms with Crippen LogP contribution in [-0.4, -0.2) is 42.3 Å².